The fourth-order valence-electron chi connectivity index (χ4n) is 13.2. The molecule has 0 aromatic heterocycles. The fourth-order valence-corrected chi connectivity index (χ4v) is 13.7. The van der Waals surface area contributed by atoms with Gasteiger partial charge in [-0.05, 0) is 128 Å². The van der Waals surface area contributed by atoms with Crippen molar-refractivity contribution < 1.29 is 103 Å². The molecule has 0 aliphatic carbocycles. The Balaban J connectivity index is 1.21. The SMILES string of the molecule is CNC(CC(C)C)C(=O)NC1C(=O)CC(CC(N)=O)C(=O)NC2CCC3C(=O)CC(C(=O)NCc4cc(O)cc(O)c4-c4cc3ccc4O)C(O)c3ccc(c(Cl)c3)Oc3cc2cc(c3OC2OC(CO)C(O)C(O)C2OC2CC(C)(N)C(O)C(C)O2)Oc2ccc(cc2Cl)[C@@H]1O. The van der Waals surface area contributed by atoms with Crippen LogP contribution in [-0.4, -0.2) is 162 Å². The lowest BCUT2D eigenvalue weighted by Crippen LogP contribution is -2.64. The van der Waals surface area contributed by atoms with Crippen LogP contribution in [0.2, 0.25) is 10.0 Å². The number of ketones is 2. The van der Waals surface area contributed by atoms with Gasteiger partial charge in [0.1, 0.15) is 65.0 Å². The number of ether oxygens (including phenoxy) is 6. The number of aliphatic hydroxyl groups is 6. The van der Waals surface area contributed by atoms with Crippen molar-refractivity contribution in [2.24, 2.45) is 29.2 Å². The molecule has 17 atom stereocenters. The third-order valence-corrected chi connectivity index (χ3v) is 19.0. The molecular formula is C68H80Cl2N6O21. The molecule has 11 bridgehead atoms. The van der Waals surface area contributed by atoms with Crippen molar-refractivity contribution >= 4 is 58.4 Å². The van der Waals surface area contributed by atoms with Crippen molar-refractivity contribution in [2.45, 2.75) is 170 Å². The minimum Gasteiger partial charge on any atom is -0.508 e. The van der Waals surface area contributed by atoms with E-state index in [1.807, 2.05) is 13.8 Å². The number of hydrogen-bond acceptors (Lipinski definition) is 23. The van der Waals surface area contributed by atoms with Crippen LogP contribution in [0.3, 0.4) is 0 Å². The summed E-state index contributed by atoms with van der Waals surface area (Å²) in [6.45, 7) is 5.57. The van der Waals surface area contributed by atoms with E-state index >= 15 is 9.59 Å². The lowest BCUT2D eigenvalue weighted by atomic mass is 9.80. The van der Waals surface area contributed by atoms with Crippen molar-refractivity contribution in [3.05, 3.63) is 117 Å². The third kappa shape index (κ3) is 15.7. The molecule has 522 valence electrons. The Morgan fingerprint density at radius 3 is 2.03 bits per heavy atom. The number of aromatic hydroxyl groups is 3. The molecule has 4 amide bonds. The molecule has 5 aromatic rings. The van der Waals surface area contributed by atoms with E-state index in [9.17, 15) is 65.1 Å². The third-order valence-electron chi connectivity index (χ3n) is 18.5. The van der Waals surface area contributed by atoms with Gasteiger partial charge in [0, 0.05) is 60.9 Å². The molecule has 97 heavy (non-hydrogen) atoms. The quantitative estimate of drug-likeness (QED) is 0.0824. The molecule has 16 unspecified atom stereocenters. The maximum atomic E-state index is 15.5. The number of carbonyl (C=O) groups excluding carboxylic acids is 6. The van der Waals surface area contributed by atoms with E-state index in [2.05, 4.69) is 21.3 Å². The van der Waals surface area contributed by atoms with Gasteiger partial charge in [0.2, 0.25) is 35.7 Å². The van der Waals surface area contributed by atoms with Gasteiger partial charge >= 0.3 is 0 Å². The predicted molar refractivity (Wildman–Crippen MR) is 346 cm³/mol. The molecule has 7 heterocycles. The summed E-state index contributed by atoms with van der Waals surface area (Å²) in [5.41, 5.74) is 11.3. The van der Waals surface area contributed by atoms with Crippen molar-refractivity contribution in [3.63, 3.8) is 0 Å². The second-order valence-corrected chi connectivity index (χ2v) is 26.9. The van der Waals surface area contributed by atoms with E-state index in [0.29, 0.717) is 6.42 Å². The molecule has 0 spiro atoms. The minimum absolute atomic E-state index is 0.0153. The Morgan fingerprint density at radius 1 is 0.773 bits per heavy atom. The molecule has 17 N–H and O–H groups in total. The number of amides is 4. The second kappa shape index (κ2) is 29.8. The first-order valence-corrected chi connectivity index (χ1v) is 32.5. The van der Waals surface area contributed by atoms with E-state index in [1.165, 1.54) is 79.8 Å². The first-order valence-electron chi connectivity index (χ1n) is 31.8. The van der Waals surface area contributed by atoms with E-state index in [0.717, 1.165) is 6.07 Å². The number of primary amides is 1. The van der Waals surface area contributed by atoms with Crippen LogP contribution < -0.4 is 46.9 Å². The highest BCUT2D eigenvalue weighted by atomic mass is 35.5. The Bertz CT molecular complexity index is 3820. The van der Waals surface area contributed by atoms with Gasteiger partial charge in [0.05, 0.1) is 58.9 Å². The Kier molecular flexibility index (Phi) is 22.1. The first kappa shape index (κ1) is 72.0. The normalized spacial score (nSPS) is 29.7. The number of fused-ring (bicyclic) bond motifs is 15. The minimum atomic E-state index is -1.93. The summed E-state index contributed by atoms with van der Waals surface area (Å²) in [7, 11) is 1.54. The van der Waals surface area contributed by atoms with E-state index in [4.69, 9.17) is 63.1 Å². The maximum Gasteiger partial charge on any atom is 0.237 e. The number of rotatable bonds is 12. The summed E-state index contributed by atoms with van der Waals surface area (Å²) in [5.74, 6) is -12.6. The number of likely N-dealkylation sites (N-methyl/N-ethyl adjacent to an activating group) is 1. The van der Waals surface area contributed by atoms with Gasteiger partial charge in [-0.25, -0.2) is 0 Å². The number of nitrogens with one attached hydrogen (secondary N) is 4. The number of nitrogens with two attached hydrogens (primary N) is 2. The molecule has 2 saturated heterocycles. The molecule has 0 radical (unpaired) electrons. The maximum absolute atomic E-state index is 15.5. The van der Waals surface area contributed by atoms with Gasteiger partial charge in [-0.3, -0.25) is 28.8 Å². The van der Waals surface area contributed by atoms with Gasteiger partial charge in [-0.15, -0.1) is 0 Å². The van der Waals surface area contributed by atoms with E-state index in [1.54, 1.807) is 13.8 Å². The standard InChI is InChI=1S/C68H80Cl2N6O21/c1-28(2)14-43(73-5)66(91)76-56-47(82)19-34(22-53(71)83)64(89)75-42-10-9-37-30-6-11-44(79)38(16-30)55-35(15-36(78)23-46(55)81)26-74-65(90)39(24-45(37)80)57(84)31-7-12-48(40(69)17-31)93-50-20-33(42)21-51(94-49-13-8-32(58(56)85)18-41(49)70)61(50)97-67-62(60(87)59(86)52(27-77)95-67)96-54-25-68(4,72)63(88)29(3)92-54/h6-8,11-13,15-18,20-21,23,28-29,34,37,39,42-43,52,54,56-60,62-63,67,73,77-79,81,84-88H,9-10,14,19,22,24-27,72H2,1-5H3,(H2,71,83)(H,74,90)(H,75,89)(H,76,91)/t29?,34?,37?,39?,42?,43?,52?,54?,56?,57?,58-,59?,60?,62?,63?,67?,68?/m0/s1. The molecule has 12 rings (SSSR count). The van der Waals surface area contributed by atoms with Crippen LogP contribution in [0.4, 0.5) is 0 Å². The Morgan fingerprint density at radius 2 is 1.42 bits per heavy atom. The highest BCUT2D eigenvalue weighted by molar-refractivity contribution is 6.32. The number of halogens is 2. The van der Waals surface area contributed by atoms with Crippen LogP contribution in [0.15, 0.2) is 78.9 Å². The zero-order chi connectivity index (χ0) is 70.2. The Hall–Kier alpha value is -7.74. The number of aliphatic hydroxyl groups excluding tert-OH is 6. The molecule has 7 aliphatic heterocycles. The van der Waals surface area contributed by atoms with Gasteiger partial charge in [0.15, 0.2) is 29.7 Å². The molecule has 27 nitrogen and oxygen atoms in total. The van der Waals surface area contributed by atoms with Crippen LogP contribution in [0.5, 0.6) is 46.0 Å². The van der Waals surface area contributed by atoms with Crippen molar-refractivity contribution in [1.82, 2.24) is 21.3 Å². The van der Waals surface area contributed by atoms with Crippen LogP contribution in [0.1, 0.15) is 125 Å². The van der Waals surface area contributed by atoms with E-state index < -0.39 is 188 Å². The van der Waals surface area contributed by atoms with E-state index in [-0.39, 0.29) is 103 Å². The molecule has 2 fully saturated rings. The number of hydrogen-bond donors (Lipinski definition) is 15. The number of Topliss-reactive ketones (excluding diaryl/α,β-unsaturated/α-hetero) is 2. The predicted octanol–water partition coefficient (Wildman–Crippen LogP) is 4.37. The molecule has 0 saturated carbocycles. The summed E-state index contributed by atoms with van der Waals surface area (Å²) >= 11 is 14.3. The number of phenolic OH excluding ortho intramolecular Hbond substituents is 3. The molecule has 7 aliphatic rings. The smallest absolute Gasteiger partial charge is 0.237 e. The number of benzene rings is 5. The van der Waals surface area contributed by atoms with Gasteiger partial charge < -0.3 is 107 Å². The van der Waals surface area contributed by atoms with Crippen LogP contribution in [-0.2, 0) is 49.5 Å². The summed E-state index contributed by atoms with van der Waals surface area (Å²) in [5, 5.41) is 114. The van der Waals surface area contributed by atoms with Crippen LogP contribution in [0.25, 0.3) is 11.1 Å². The molecule has 5 aromatic carbocycles. The van der Waals surface area contributed by atoms with Gasteiger partial charge in [-0.1, -0.05) is 55.2 Å². The highest BCUT2D eigenvalue weighted by Crippen LogP contribution is 2.50. The van der Waals surface area contributed by atoms with Crippen molar-refractivity contribution in [3.8, 4) is 57.1 Å². The van der Waals surface area contributed by atoms with Gasteiger partial charge in [-0.2, -0.15) is 0 Å². The zero-order valence-corrected chi connectivity index (χ0v) is 55.0. The van der Waals surface area contributed by atoms with Crippen molar-refractivity contribution in [1.29, 1.82) is 0 Å². The first-order chi connectivity index (χ1) is 45.9. The average molecular weight is 1390 g/mol. The Labute approximate surface area is 567 Å². The molecular weight excluding hydrogens is 1310 g/mol. The fraction of sp³-hybridized carbons (Fsp3) is 0.471. The van der Waals surface area contributed by atoms with Crippen LogP contribution in [0, 0.1) is 17.8 Å². The molecule has 29 heteroatoms. The van der Waals surface area contributed by atoms with Crippen LogP contribution >= 0.6 is 23.2 Å². The van der Waals surface area contributed by atoms with Crippen molar-refractivity contribution in [2.75, 3.05) is 13.7 Å². The monoisotopic (exact) mass is 1390 g/mol. The topological polar surface area (TPSA) is 440 Å². The lowest BCUT2D eigenvalue weighted by Gasteiger charge is -2.47. The van der Waals surface area contributed by atoms with Gasteiger partial charge in [0.25, 0.3) is 0 Å². The summed E-state index contributed by atoms with van der Waals surface area (Å²) in [6.07, 6.45) is -18.8. The summed E-state index contributed by atoms with van der Waals surface area (Å²) in [4.78, 5) is 87.7. The highest BCUT2D eigenvalue weighted by Gasteiger charge is 2.51. The summed E-state index contributed by atoms with van der Waals surface area (Å²) < 4.78 is 38.9. The largest absolute Gasteiger partial charge is 0.508 e. The zero-order valence-electron chi connectivity index (χ0n) is 53.5. The number of phenols is 3. The lowest BCUT2D eigenvalue weighted by molar-refractivity contribution is -0.333. The number of carbonyl (C=O) groups is 6. The average Bonchev–Trinajstić information content (AvgIpc) is 0.989. The summed E-state index contributed by atoms with van der Waals surface area (Å²) in [6, 6.07) is 12.9. The second-order valence-electron chi connectivity index (χ2n) is 26.1.